The van der Waals surface area contributed by atoms with E-state index in [1.807, 2.05) is 0 Å². The van der Waals surface area contributed by atoms with E-state index in [0.717, 1.165) is 21.2 Å². The number of carbonyl (C=O) groups is 1. The number of pyridine rings is 1. The lowest BCUT2D eigenvalue weighted by atomic mass is 9.67. The zero-order valence-corrected chi connectivity index (χ0v) is 19.4. The van der Waals surface area contributed by atoms with E-state index in [4.69, 9.17) is 0 Å². The van der Waals surface area contributed by atoms with Gasteiger partial charge in [-0.05, 0) is 18.1 Å². The average Bonchev–Trinajstić information content (AvgIpc) is 3.42. The van der Waals surface area contributed by atoms with Crippen molar-refractivity contribution in [3.63, 3.8) is 0 Å². The van der Waals surface area contributed by atoms with Gasteiger partial charge in [-0.2, -0.15) is 18.3 Å². The molecule has 2 aliphatic carbocycles. The standard InChI is InChI=1S/C21H21F7N4O2S/c1-19(7-20(24,25)8-19)9-31-16(18(33)29-10-3-4-32(34)13(5-10)35-2)14(21(26,27)28)15(30-31)11-6-12(11)17(22)23/h3-5,11-12,17,34H,6-9H2,1-2H3/p+1. The SMILES string of the molecule is CSc1cc(NC(=O)c2c(C(F)(F)F)c(C3CC3C(F)F)nn2CC2(C)CC(F)(F)C2)cc[n+]1O. The van der Waals surface area contributed by atoms with Crippen LogP contribution in [0.4, 0.5) is 36.4 Å². The predicted molar refractivity (Wildman–Crippen MR) is 110 cm³/mol. The van der Waals surface area contributed by atoms with E-state index >= 15 is 0 Å². The van der Waals surface area contributed by atoms with Gasteiger partial charge in [-0.15, -0.1) is 0 Å². The number of rotatable bonds is 7. The van der Waals surface area contributed by atoms with Crippen LogP contribution < -0.4 is 10.0 Å². The summed E-state index contributed by atoms with van der Waals surface area (Å²) in [5, 5.41) is 16.2. The van der Waals surface area contributed by atoms with Crippen LogP contribution in [0.15, 0.2) is 23.4 Å². The second-order valence-corrected chi connectivity index (χ2v) is 10.2. The predicted octanol–water partition coefficient (Wildman–Crippen LogP) is 5.20. The van der Waals surface area contributed by atoms with Crippen molar-refractivity contribution in [3.05, 3.63) is 35.3 Å². The molecule has 6 nitrogen and oxygen atoms in total. The molecular weight excluding hydrogens is 505 g/mol. The van der Waals surface area contributed by atoms with E-state index in [0.29, 0.717) is 0 Å². The molecule has 2 aliphatic rings. The summed E-state index contributed by atoms with van der Waals surface area (Å²) in [5.41, 5.74) is -4.09. The summed E-state index contributed by atoms with van der Waals surface area (Å²) in [6.45, 7) is 1.03. The first-order valence-electron chi connectivity index (χ1n) is 10.6. The number of carbonyl (C=O) groups excluding carboxylic acids is 1. The van der Waals surface area contributed by atoms with Gasteiger partial charge < -0.3 is 5.32 Å². The molecule has 14 heteroatoms. The molecule has 0 spiro atoms. The maximum Gasteiger partial charge on any atom is 0.420 e. The number of thioether (sulfide) groups is 1. The number of anilines is 1. The zero-order chi connectivity index (χ0) is 25.9. The third-order valence-corrected chi connectivity index (χ3v) is 6.99. The molecule has 2 fully saturated rings. The van der Waals surface area contributed by atoms with Crippen LogP contribution in [0.1, 0.15) is 53.8 Å². The molecule has 0 saturated heterocycles. The summed E-state index contributed by atoms with van der Waals surface area (Å²) < 4.78 is 97.4. The first kappa shape index (κ1) is 25.6. The monoisotopic (exact) mass is 527 g/mol. The van der Waals surface area contributed by atoms with Gasteiger partial charge in [0.05, 0.1) is 11.4 Å². The van der Waals surface area contributed by atoms with Gasteiger partial charge in [-0.3, -0.25) is 14.7 Å². The Labute approximate surface area is 199 Å². The normalized spacial score (nSPS) is 22.7. The maximum absolute atomic E-state index is 14.2. The molecule has 35 heavy (non-hydrogen) atoms. The molecule has 2 N–H and O–H groups in total. The first-order valence-corrected chi connectivity index (χ1v) is 11.8. The van der Waals surface area contributed by atoms with Crippen LogP contribution in [-0.2, 0) is 12.7 Å². The van der Waals surface area contributed by atoms with Crippen LogP contribution in [0.25, 0.3) is 0 Å². The summed E-state index contributed by atoms with van der Waals surface area (Å²) in [4.78, 5) is 13.1. The van der Waals surface area contributed by atoms with Gasteiger partial charge in [0.2, 0.25) is 18.5 Å². The minimum Gasteiger partial charge on any atom is -0.320 e. The van der Waals surface area contributed by atoms with Gasteiger partial charge in [-0.1, -0.05) is 18.7 Å². The quantitative estimate of drug-likeness (QED) is 0.225. The Morgan fingerprint density at radius 3 is 2.54 bits per heavy atom. The Morgan fingerprint density at radius 2 is 2.03 bits per heavy atom. The smallest absolute Gasteiger partial charge is 0.320 e. The molecule has 4 rings (SSSR count). The molecular formula is C21H22F7N4O2S+. The number of hydrogen-bond donors (Lipinski definition) is 2. The van der Waals surface area contributed by atoms with Gasteiger partial charge in [0.15, 0.2) is 0 Å². The summed E-state index contributed by atoms with van der Waals surface area (Å²) in [6.07, 6.45) is -6.59. The molecule has 2 saturated carbocycles. The third kappa shape index (κ3) is 5.07. The van der Waals surface area contributed by atoms with Gasteiger partial charge in [0, 0.05) is 48.1 Å². The van der Waals surface area contributed by atoms with Crippen molar-refractivity contribution < 1.29 is 45.5 Å². The van der Waals surface area contributed by atoms with Crippen LogP contribution >= 0.6 is 11.8 Å². The Balaban J connectivity index is 1.77. The molecule has 0 aliphatic heterocycles. The van der Waals surface area contributed by atoms with E-state index < -0.39 is 78.0 Å². The van der Waals surface area contributed by atoms with Crippen molar-refractivity contribution in [3.8, 4) is 0 Å². The third-order valence-electron chi connectivity index (χ3n) is 6.26. The van der Waals surface area contributed by atoms with Crippen molar-refractivity contribution in [2.45, 2.75) is 62.2 Å². The lowest BCUT2D eigenvalue weighted by Gasteiger charge is -2.44. The average molecular weight is 527 g/mol. The summed E-state index contributed by atoms with van der Waals surface area (Å²) in [6, 6.07) is 2.56. The summed E-state index contributed by atoms with van der Waals surface area (Å²) >= 11 is 1.10. The minimum absolute atomic E-state index is 0.0605. The fourth-order valence-corrected chi connectivity index (χ4v) is 5.23. The van der Waals surface area contributed by atoms with Crippen LogP contribution in [0.5, 0.6) is 0 Å². The van der Waals surface area contributed by atoms with E-state index in [2.05, 4.69) is 10.4 Å². The highest BCUT2D eigenvalue weighted by atomic mass is 32.2. The number of halogens is 7. The number of amides is 1. The van der Waals surface area contributed by atoms with Crippen molar-refractivity contribution in [2.75, 3.05) is 11.6 Å². The van der Waals surface area contributed by atoms with Gasteiger partial charge in [0.25, 0.3) is 10.9 Å². The lowest BCUT2D eigenvalue weighted by molar-refractivity contribution is -0.932. The molecule has 0 bridgehead atoms. The molecule has 2 atom stereocenters. The van der Waals surface area contributed by atoms with Crippen molar-refractivity contribution in [2.24, 2.45) is 11.3 Å². The highest BCUT2D eigenvalue weighted by Crippen LogP contribution is 2.55. The van der Waals surface area contributed by atoms with E-state index in [1.54, 1.807) is 6.26 Å². The summed E-state index contributed by atoms with van der Waals surface area (Å²) in [7, 11) is 0. The lowest BCUT2D eigenvalue weighted by Crippen LogP contribution is -2.47. The number of aromatic nitrogens is 3. The Kier molecular flexibility index (Phi) is 6.25. The number of nitrogens with zero attached hydrogens (tertiary/aromatic N) is 3. The highest BCUT2D eigenvalue weighted by Gasteiger charge is 2.56. The number of alkyl halides is 7. The first-order chi connectivity index (χ1) is 16.1. The number of hydrogen-bond acceptors (Lipinski definition) is 4. The van der Waals surface area contributed by atoms with Crippen LogP contribution in [-0.4, -0.2) is 39.5 Å². The van der Waals surface area contributed by atoms with Crippen molar-refractivity contribution >= 4 is 23.4 Å². The van der Waals surface area contributed by atoms with Crippen molar-refractivity contribution in [1.29, 1.82) is 0 Å². The topological polar surface area (TPSA) is 71.0 Å². The minimum atomic E-state index is -5.10. The number of nitrogens with one attached hydrogen (secondary N) is 1. The molecule has 2 aromatic rings. The molecule has 192 valence electrons. The molecule has 2 unspecified atom stereocenters. The molecule has 2 heterocycles. The summed E-state index contributed by atoms with van der Waals surface area (Å²) in [5.74, 6) is -6.71. The van der Waals surface area contributed by atoms with Crippen LogP contribution in [0.3, 0.4) is 0 Å². The molecule has 0 aromatic carbocycles. The Hall–Kier alpha value is -2.51. The zero-order valence-electron chi connectivity index (χ0n) is 18.5. The molecule has 0 radical (unpaired) electrons. The second-order valence-electron chi connectivity index (χ2n) is 9.38. The van der Waals surface area contributed by atoms with Gasteiger partial charge in [-0.25, -0.2) is 17.6 Å². The molecule has 1 amide bonds. The Bertz CT molecular complexity index is 1140. The molecule has 2 aromatic heterocycles. The van der Waals surface area contributed by atoms with Crippen molar-refractivity contribution in [1.82, 2.24) is 9.78 Å². The fraction of sp³-hybridized carbons (Fsp3) is 0.571. The fourth-order valence-electron chi connectivity index (χ4n) is 4.73. The van der Waals surface area contributed by atoms with E-state index in [9.17, 15) is 40.7 Å². The van der Waals surface area contributed by atoms with Gasteiger partial charge >= 0.3 is 6.18 Å². The van der Waals surface area contributed by atoms with E-state index in [-0.39, 0.29) is 17.1 Å². The van der Waals surface area contributed by atoms with Gasteiger partial charge in [0.1, 0.15) is 11.3 Å². The largest absolute Gasteiger partial charge is 0.420 e. The maximum atomic E-state index is 14.2. The van der Waals surface area contributed by atoms with Crippen LogP contribution in [0, 0.1) is 11.3 Å². The Morgan fingerprint density at radius 1 is 1.37 bits per heavy atom. The highest BCUT2D eigenvalue weighted by molar-refractivity contribution is 7.98. The van der Waals surface area contributed by atoms with E-state index in [1.165, 1.54) is 25.3 Å². The van der Waals surface area contributed by atoms with Crippen LogP contribution in [0.2, 0.25) is 0 Å². The second kappa shape index (κ2) is 8.56.